The summed E-state index contributed by atoms with van der Waals surface area (Å²) in [4.78, 5) is 12.1. The fourth-order valence-corrected chi connectivity index (χ4v) is 3.50. The van der Waals surface area contributed by atoms with Gasteiger partial charge in [-0.15, -0.1) is 0 Å². The molecule has 1 heterocycles. The smallest absolute Gasteiger partial charge is 0.309 e. The third-order valence-corrected chi connectivity index (χ3v) is 5.84. The standard InChI is InChI=1S/C20H36O6/c1-5-14(6-2)11-24-19(23)16-9-15(16)8-7-12(3)25-20-18(22)10-17(21)13(4)26-20/h12-18,20-22H,5-11H2,1-4H3/t12-,13+,15+,16+,17-,18-,20-/m1/s1. The summed E-state index contributed by atoms with van der Waals surface area (Å²) in [5.74, 6) is 0.841. The number of ether oxygens (including phenoxy) is 3. The van der Waals surface area contributed by atoms with Gasteiger partial charge in [0.05, 0.1) is 30.8 Å². The van der Waals surface area contributed by atoms with E-state index in [9.17, 15) is 15.0 Å². The molecule has 1 saturated carbocycles. The van der Waals surface area contributed by atoms with Gasteiger partial charge < -0.3 is 24.4 Å². The summed E-state index contributed by atoms with van der Waals surface area (Å²) in [6.07, 6.45) is 2.41. The molecule has 152 valence electrons. The van der Waals surface area contributed by atoms with Crippen LogP contribution in [0.3, 0.4) is 0 Å². The fourth-order valence-electron chi connectivity index (χ4n) is 3.50. The second-order valence-corrected chi connectivity index (χ2v) is 8.02. The van der Waals surface area contributed by atoms with Crippen LogP contribution >= 0.6 is 0 Å². The third-order valence-electron chi connectivity index (χ3n) is 5.84. The van der Waals surface area contributed by atoms with Gasteiger partial charge in [-0.1, -0.05) is 26.7 Å². The van der Waals surface area contributed by atoms with E-state index in [0.29, 0.717) is 18.4 Å². The molecule has 6 nitrogen and oxygen atoms in total. The molecule has 0 bridgehead atoms. The summed E-state index contributed by atoms with van der Waals surface area (Å²) >= 11 is 0. The molecule has 0 aromatic rings. The third kappa shape index (κ3) is 6.19. The molecule has 1 aliphatic heterocycles. The predicted octanol–water partition coefficient (Wildman–Crippen LogP) is 2.64. The van der Waals surface area contributed by atoms with Crippen LogP contribution in [0.2, 0.25) is 0 Å². The largest absolute Gasteiger partial charge is 0.465 e. The Bertz CT molecular complexity index is 438. The molecule has 7 atom stereocenters. The van der Waals surface area contributed by atoms with E-state index >= 15 is 0 Å². The van der Waals surface area contributed by atoms with Gasteiger partial charge in [0.15, 0.2) is 6.29 Å². The van der Waals surface area contributed by atoms with Gasteiger partial charge in [0, 0.05) is 6.42 Å². The lowest BCUT2D eigenvalue weighted by molar-refractivity contribution is -0.273. The zero-order valence-corrected chi connectivity index (χ0v) is 16.6. The number of hydrogen-bond donors (Lipinski definition) is 2. The van der Waals surface area contributed by atoms with Crippen molar-refractivity contribution in [3.8, 4) is 0 Å². The van der Waals surface area contributed by atoms with E-state index < -0.39 is 18.5 Å². The Morgan fingerprint density at radius 2 is 1.88 bits per heavy atom. The molecule has 2 N–H and O–H groups in total. The lowest BCUT2D eigenvalue weighted by Crippen LogP contribution is -2.48. The van der Waals surface area contributed by atoms with Crippen LogP contribution in [-0.2, 0) is 19.0 Å². The van der Waals surface area contributed by atoms with Gasteiger partial charge in [-0.2, -0.15) is 0 Å². The Labute approximate surface area is 157 Å². The van der Waals surface area contributed by atoms with Crippen molar-refractivity contribution in [1.29, 1.82) is 0 Å². The van der Waals surface area contributed by atoms with Crippen LogP contribution in [0, 0.1) is 17.8 Å². The first kappa shape index (κ1) is 21.6. The van der Waals surface area contributed by atoms with Crippen molar-refractivity contribution in [2.75, 3.05) is 6.61 Å². The maximum Gasteiger partial charge on any atom is 0.309 e. The summed E-state index contributed by atoms with van der Waals surface area (Å²) in [7, 11) is 0. The van der Waals surface area contributed by atoms with Crippen molar-refractivity contribution in [3.63, 3.8) is 0 Å². The van der Waals surface area contributed by atoms with Crippen LogP contribution in [0.15, 0.2) is 0 Å². The molecule has 0 aromatic heterocycles. The van der Waals surface area contributed by atoms with Crippen LogP contribution in [0.4, 0.5) is 0 Å². The first-order chi connectivity index (χ1) is 12.3. The van der Waals surface area contributed by atoms with Crippen molar-refractivity contribution < 1.29 is 29.2 Å². The highest BCUT2D eigenvalue weighted by molar-refractivity contribution is 5.75. The second kappa shape index (κ2) is 10.0. The zero-order chi connectivity index (χ0) is 19.3. The van der Waals surface area contributed by atoms with Crippen LogP contribution in [0.5, 0.6) is 0 Å². The van der Waals surface area contributed by atoms with E-state index in [4.69, 9.17) is 14.2 Å². The van der Waals surface area contributed by atoms with E-state index in [1.165, 1.54) is 0 Å². The highest BCUT2D eigenvalue weighted by Crippen LogP contribution is 2.43. The van der Waals surface area contributed by atoms with Crippen LogP contribution in [0.1, 0.15) is 66.2 Å². The van der Waals surface area contributed by atoms with E-state index in [-0.39, 0.29) is 30.5 Å². The summed E-state index contributed by atoms with van der Waals surface area (Å²) in [5.41, 5.74) is 0. The quantitative estimate of drug-likeness (QED) is 0.574. The molecular formula is C20H36O6. The van der Waals surface area contributed by atoms with E-state index in [1.54, 1.807) is 6.92 Å². The highest BCUT2D eigenvalue weighted by atomic mass is 16.7. The molecule has 6 heteroatoms. The molecule has 0 unspecified atom stereocenters. The van der Waals surface area contributed by atoms with Gasteiger partial charge in [0.1, 0.15) is 6.10 Å². The first-order valence-corrected chi connectivity index (χ1v) is 10.2. The highest BCUT2D eigenvalue weighted by Gasteiger charge is 2.44. The summed E-state index contributed by atoms with van der Waals surface area (Å²) in [6.45, 7) is 8.51. The lowest BCUT2D eigenvalue weighted by Gasteiger charge is -2.36. The van der Waals surface area contributed by atoms with Crippen LogP contribution < -0.4 is 0 Å². The van der Waals surface area contributed by atoms with Crippen molar-refractivity contribution in [1.82, 2.24) is 0 Å². The number of carbonyl (C=O) groups excluding carboxylic acids is 1. The van der Waals surface area contributed by atoms with Crippen molar-refractivity contribution in [2.45, 2.75) is 96.9 Å². The van der Waals surface area contributed by atoms with Gasteiger partial charge in [-0.25, -0.2) is 0 Å². The van der Waals surface area contributed by atoms with Crippen LogP contribution in [-0.4, -0.2) is 53.5 Å². The van der Waals surface area contributed by atoms with Gasteiger partial charge in [0.2, 0.25) is 0 Å². The average Bonchev–Trinajstić information content (AvgIpc) is 3.38. The Morgan fingerprint density at radius 1 is 1.19 bits per heavy atom. The number of aliphatic hydroxyl groups excluding tert-OH is 2. The van der Waals surface area contributed by atoms with E-state index in [1.807, 2.05) is 6.92 Å². The number of esters is 1. The van der Waals surface area contributed by atoms with Crippen molar-refractivity contribution in [2.24, 2.45) is 17.8 Å². The zero-order valence-electron chi connectivity index (χ0n) is 16.6. The minimum atomic E-state index is -0.808. The molecule has 26 heavy (non-hydrogen) atoms. The molecular weight excluding hydrogens is 336 g/mol. The molecule has 0 radical (unpaired) electrons. The maximum absolute atomic E-state index is 12.1. The Morgan fingerprint density at radius 3 is 2.54 bits per heavy atom. The molecule has 1 saturated heterocycles. The lowest BCUT2D eigenvalue weighted by atomic mass is 10.0. The van der Waals surface area contributed by atoms with Gasteiger partial charge in [-0.05, 0) is 44.9 Å². The SMILES string of the molecule is CCC(CC)COC(=O)[C@H]1C[C@@H]1CC[C@@H](C)O[C@@H]1O[C@@H](C)[C@H](O)C[C@H]1O. The van der Waals surface area contributed by atoms with E-state index in [2.05, 4.69) is 13.8 Å². The van der Waals surface area contributed by atoms with Gasteiger partial charge in [-0.3, -0.25) is 4.79 Å². The monoisotopic (exact) mass is 372 g/mol. The van der Waals surface area contributed by atoms with Gasteiger partial charge >= 0.3 is 5.97 Å². The minimum Gasteiger partial charge on any atom is -0.465 e. The van der Waals surface area contributed by atoms with Crippen molar-refractivity contribution in [3.05, 3.63) is 0 Å². The Hall–Kier alpha value is -0.690. The molecule has 2 fully saturated rings. The first-order valence-electron chi connectivity index (χ1n) is 10.2. The summed E-state index contributed by atoms with van der Waals surface area (Å²) in [6, 6.07) is 0. The number of carbonyl (C=O) groups is 1. The minimum absolute atomic E-state index is 0.0447. The molecule has 2 rings (SSSR count). The Balaban J connectivity index is 1.63. The second-order valence-electron chi connectivity index (χ2n) is 8.02. The molecule has 2 aliphatic rings. The summed E-state index contributed by atoms with van der Waals surface area (Å²) in [5, 5.41) is 19.7. The Kier molecular flexibility index (Phi) is 8.33. The predicted molar refractivity (Wildman–Crippen MR) is 97.4 cm³/mol. The fraction of sp³-hybridized carbons (Fsp3) is 0.950. The molecule has 1 aliphatic carbocycles. The van der Waals surface area contributed by atoms with Crippen LogP contribution in [0.25, 0.3) is 0 Å². The topological polar surface area (TPSA) is 85.2 Å². The molecule has 0 aromatic carbocycles. The molecule has 0 amide bonds. The maximum atomic E-state index is 12.1. The number of aliphatic hydroxyl groups is 2. The normalized spacial score (nSPS) is 35.3. The molecule has 0 spiro atoms. The van der Waals surface area contributed by atoms with Crippen molar-refractivity contribution >= 4 is 5.97 Å². The number of hydrogen-bond acceptors (Lipinski definition) is 6. The van der Waals surface area contributed by atoms with E-state index in [0.717, 1.165) is 32.1 Å². The average molecular weight is 373 g/mol. The number of rotatable bonds is 10. The van der Waals surface area contributed by atoms with Gasteiger partial charge in [0.25, 0.3) is 0 Å². The summed E-state index contributed by atoms with van der Waals surface area (Å²) < 4.78 is 16.8.